The quantitative estimate of drug-likeness (QED) is 0.175. The van der Waals surface area contributed by atoms with E-state index in [1.165, 1.54) is 32.2 Å². The fraction of sp³-hybridized carbons (Fsp3) is 0.308. The monoisotopic (exact) mass is 723 g/mol. The Hall–Kier alpha value is -3.38. The largest absolute Gasteiger partial charge is 0.456 e. The second-order valence-corrected chi connectivity index (χ2v) is 12.4. The van der Waals surface area contributed by atoms with Gasteiger partial charge in [0.1, 0.15) is 22.9 Å². The number of carbonyl (C=O) groups excluding carboxylic acids is 1. The highest BCUT2D eigenvalue weighted by Gasteiger charge is 2.34. The first kappa shape index (κ1) is 31.6. The van der Waals surface area contributed by atoms with Crippen LogP contribution in [-0.4, -0.2) is 38.2 Å². The Balaban J connectivity index is 1.93. The molecule has 0 bridgehead atoms. The Morgan fingerprint density at radius 2 is 1.86 bits per heavy atom. The highest BCUT2D eigenvalue weighted by molar-refractivity contribution is 14.1. The summed E-state index contributed by atoms with van der Waals surface area (Å²) in [4.78, 5) is 26.8. The van der Waals surface area contributed by atoms with E-state index in [0.29, 0.717) is 16.4 Å². The third-order valence-electron chi connectivity index (χ3n) is 6.32. The van der Waals surface area contributed by atoms with Gasteiger partial charge in [0, 0.05) is 29.3 Å². The summed E-state index contributed by atoms with van der Waals surface area (Å²) in [5.41, 5.74) is -2.13. The highest BCUT2D eigenvalue weighted by atomic mass is 127. The predicted octanol–water partition coefficient (Wildman–Crippen LogP) is 4.85. The second kappa shape index (κ2) is 12.1. The van der Waals surface area contributed by atoms with Gasteiger partial charge in [0.25, 0.3) is 21.7 Å². The van der Waals surface area contributed by atoms with Gasteiger partial charge in [-0.2, -0.15) is 21.6 Å². The van der Waals surface area contributed by atoms with Gasteiger partial charge in [0.15, 0.2) is 5.75 Å². The highest BCUT2D eigenvalue weighted by Crippen LogP contribution is 2.40. The maximum atomic E-state index is 14.8. The molecule has 0 spiro atoms. The normalized spacial score (nSPS) is 13.5. The van der Waals surface area contributed by atoms with Gasteiger partial charge in [-0.1, -0.05) is 6.07 Å². The van der Waals surface area contributed by atoms with Crippen LogP contribution in [0.3, 0.4) is 0 Å². The number of alkyl halides is 3. The number of carbonyl (C=O) groups is 1. The van der Waals surface area contributed by atoms with Crippen LogP contribution >= 0.6 is 22.6 Å². The molecular formula is C26H26F4IN5O5S. The fourth-order valence-corrected chi connectivity index (χ4v) is 5.08. The average Bonchev–Trinajstić information content (AvgIpc) is 3.71. The van der Waals surface area contributed by atoms with Crippen molar-refractivity contribution in [2.24, 2.45) is 7.05 Å². The zero-order chi connectivity index (χ0) is 31.0. The van der Waals surface area contributed by atoms with Gasteiger partial charge in [-0.05, 0) is 72.7 Å². The first-order valence-corrected chi connectivity index (χ1v) is 15.0. The molecule has 3 aromatic rings. The van der Waals surface area contributed by atoms with Crippen LogP contribution in [0.2, 0.25) is 0 Å². The molecule has 0 atom stereocenters. The summed E-state index contributed by atoms with van der Waals surface area (Å²) in [5.74, 6) is -2.37. The number of aromatic nitrogens is 1. The van der Waals surface area contributed by atoms with Gasteiger partial charge in [0.05, 0.1) is 23.4 Å². The number of amides is 1. The van der Waals surface area contributed by atoms with Gasteiger partial charge < -0.3 is 15.4 Å². The second-order valence-electron chi connectivity index (χ2n) is 9.52. The fourth-order valence-electron chi connectivity index (χ4n) is 4.05. The Labute approximate surface area is 252 Å². The van der Waals surface area contributed by atoms with Crippen LogP contribution in [0.5, 0.6) is 11.5 Å². The van der Waals surface area contributed by atoms with Crippen LogP contribution in [0.4, 0.5) is 34.8 Å². The summed E-state index contributed by atoms with van der Waals surface area (Å²) in [6.45, 7) is 1.33. The standard InChI is InChI=1S/C26H26F4IN5O5S/c1-13-22(41-20-6-4-5-18(35-42(39,40)32-2)16(20)12-26(28,29)30)21(24(37)33-15-8-9-15)23(36(3)25(13)38)34-19-10-7-14(31)11-17(19)27/h4-7,10-11,15,32,34-35H,8-9,12H2,1-3H3,(H,33,37). The molecule has 1 heterocycles. The minimum Gasteiger partial charge on any atom is -0.456 e. The maximum Gasteiger partial charge on any atom is 0.393 e. The molecule has 16 heteroatoms. The van der Waals surface area contributed by atoms with E-state index in [2.05, 4.69) is 10.6 Å². The lowest BCUT2D eigenvalue weighted by atomic mass is 10.1. The van der Waals surface area contributed by atoms with Crippen LogP contribution in [0.1, 0.15) is 34.3 Å². The summed E-state index contributed by atoms with van der Waals surface area (Å²) in [6, 6.07) is 7.60. The first-order valence-electron chi connectivity index (χ1n) is 12.4. The SMILES string of the molecule is CNS(=O)(=O)Nc1cccc(Oc2c(C(=O)NC3CC3)c(Nc3ccc(I)cc3F)n(C)c(=O)c2C)c1CC(F)(F)F. The molecule has 1 aromatic heterocycles. The molecule has 1 fully saturated rings. The van der Waals surface area contributed by atoms with Crippen LogP contribution in [-0.2, 0) is 23.7 Å². The Bertz CT molecular complexity index is 1710. The van der Waals surface area contributed by atoms with Gasteiger partial charge in [-0.15, -0.1) is 0 Å². The van der Waals surface area contributed by atoms with E-state index in [1.807, 2.05) is 32.0 Å². The van der Waals surface area contributed by atoms with E-state index in [0.717, 1.165) is 23.7 Å². The Morgan fingerprint density at radius 1 is 1.17 bits per heavy atom. The lowest BCUT2D eigenvalue weighted by molar-refractivity contribution is -0.127. The summed E-state index contributed by atoms with van der Waals surface area (Å²) in [6.07, 6.45) is -4.99. The van der Waals surface area contributed by atoms with E-state index in [1.54, 1.807) is 6.07 Å². The van der Waals surface area contributed by atoms with Crippen molar-refractivity contribution >= 4 is 55.9 Å². The molecule has 2 aromatic carbocycles. The Morgan fingerprint density at radius 3 is 2.45 bits per heavy atom. The number of hydrogen-bond donors (Lipinski definition) is 4. The van der Waals surface area contributed by atoms with E-state index >= 15 is 0 Å². The lowest BCUT2D eigenvalue weighted by Gasteiger charge is -2.23. The molecule has 0 saturated heterocycles. The average molecular weight is 723 g/mol. The number of hydrogen-bond acceptors (Lipinski definition) is 6. The number of anilines is 3. The molecule has 1 aliphatic carbocycles. The number of ether oxygens (including phenoxy) is 1. The summed E-state index contributed by atoms with van der Waals surface area (Å²) < 4.78 is 91.7. The van der Waals surface area contributed by atoms with E-state index in [9.17, 15) is 35.6 Å². The van der Waals surface area contributed by atoms with E-state index in [4.69, 9.17) is 4.74 Å². The molecular weight excluding hydrogens is 697 g/mol. The number of nitrogens with one attached hydrogen (secondary N) is 4. The van der Waals surface area contributed by atoms with Crippen molar-refractivity contribution in [1.82, 2.24) is 14.6 Å². The van der Waals surface area contributed by atoms with Crippen LogP contribution in [0.15, 0.2) is 41.2 Å². The van der Waals surface area contributed by atoms with Crippen LogP contribution in [0, 0.1) is 16.3 Å². The van der Waals surface area contributed by atoms with Gasteiger partial charge in [0.2, 0.25) is 0 Å². The number of nitrogens with zero attached hydrogens (tertiary/aromatic N) is 1. The van der Waals surface area contributed by atoms with Crippen LogP contribution in [0.25, 0.3) is 0 Å². The third kappa shape index (κ3) is 7.33. The molecule has 1 amide bonds. The zero-order valence-corrected chi connectivity index (χ0v) is 25.4. The molecule has 10 nitrogen and oxygen atoms in total. The van der Waals surface area contributed by atoms with Crippen molar-refractivity contribution in [3.05, 3.63) is 72.8 Å². The number of pyridine rings is 1. The van der Waals surface area contributed by atoms with Crippen molar-refractivity contribution < 1.29 is 35.5 Å². The van der Waals surface area contributed by atoms with Crippen molar-refractivity contribution in [2.75, 3.05) is 17.1 Å². The third-order valence-corrected chi connectivity index (χ3v) is 8.02. The van der Waals surface area contributed by atoms with Crippen LogP contribution < -0.4 is 30.4 Å². The molecule has 0 unspecified atom stereocenters. The molecule has 226 valence electrons. The smallest absolute Gasteiger partial charge is 0.393 e. The molecule has 0 radical (unpaired) electrons. The number of benzene rings is 2. The minimum atomic E-state index is -4.79. The van der Waals surface area contributed by atoms with Gasteiger partial charge in [-0.3, -0.25) is 18.9 Å². The topological polar surface area (TPSA) is 131 Å². The molecule has 1 aliphatic rings. The summed E-state index contributed by atoms with van der Waals surface area (Å²) in [5, 5.41) is 5.55. The zero-order valence-electron chi connectivity index (χ0n) is 22.4. The van der Waals surface area contributed by atoms with E-state index < -0.39 is 57.1 Å². The number of rotatable bonds is 10. The molecule has 0 aliphatic heterocycles. The van der Waals surface area contributed by atoms with Gasteiger partial charge in [-0.25, -0.2) is 9.11 Å². The lowest BCUT2D eigenvalue weighted by Crippen LogP contribution is -2.32. The minimum absolute atomic E-state index is 0.0677. The Kier molecular flexibility index (Phi) is 9.08. The first-order chi connectivity index (χ1) is 19.6. The van der Waals surface area contributed by atoms with Crippen molar-refractivity contribution in [3.8, 4) is 11.5 Å². The van der Waals surface area contributed by atoms with Gasteiger partial charge >= 0.3 is 6.18 Å². The molecule has 4 N–H and O–H groups in total. The van der Waals surface area contributed by atoms with E-state index in [-0.39, 0.29) is 34.4 Å². The summed E-state index contributed by atoms with van der Waals surface area (Å²) >= 11 is 1.92. The number of halogens is 5. The summed E-state index contributed by atoms with van der Waals surface area (Å²) in [7, 11) is -1.80. The molecule has 1 saturated carbocycles. The van der Waals surface area contributed by atoms with Crippen molar-refractivity contribution in [1.29, 1.82) is 0 Å². The predicted molar refractivity (Wildman–Crippen MR) is 157 cm³/mol. The maximum absolute atomic E-state index is 14.8. The van der Waals surface area contributed by atoms with Crippen molar-refractivity contribution in [2.45, 2.75) is 38.4 Å². The van der Waals surface area contributed by atoms with Crippen molar-refractivity contribution in [3.63, 3.8) is 0 Å². The molecule has 4 rings (SSSR count). The molecule has 42 heavy (non-hydrogen) atoms.